The second kappa shape index (κ2) is 12.1. The van der Waals surface area contributed by atoms with Gasteiger partial charge in [0.05, 0.1) is 17.6 Å². The molecule has 0 spiro atoms. The summed E-state index contributed by atoms with van der Waals surface area (Å²) in [5.41, 5.74) is 0.752. The predicted molar refractivity (Wildman–Crippen MR) is 107 cm³/mol. The van der Waals surface area contributed by atoms with Crippen LogP contribution in [0.4, 0.5) is 11.4 Å². The van der Waals surface area contributed by atoms with E-state index in [-0.39, 0.29) is 23.3 Å². The zero-order valence-corrected chi connectivity index (χ0v) is 16.6. The molecule has 0 fully saturated rings. The molecule has 0 radical (unpaired) electrons. The van der Waals surface area contributed by atoms with E-state index in [1.807, 2.05) is 6.07 Å². The molecular formula is C18H22BrN3O5. The van der Waals surface area contributed by atoms with Crippen molar-refractivity contribution >= 4 is 33.2 Å². The minimum absolute atomic E-state index is 0.109. The first-order valence-electron chi connectivity index (χ1n) is 8.00. The van der Waals surface area contributed by atoms with E-state index in [9.17, 15) is 14.9 Å². The minimum atomic E-state index is -0.532. The van der Waals surface area contributed by atoms with Crippen molar-refractivity contribution in [1.82, 2.24) is 5.32 Å². The lowest BCUT2D eigenvalue weighted by Gasteiger charge is -2.06. The molecule has 3 N–H and O–H groups in total. The molecule has 1 amide bonds. The number of anilines is 1. The molecule has 1 unspecified atom stereocenters. The fourth-order valence-electron chi connectivity index (χ4n) is 2.02. The van der Waals surface area contributed by atoms with Crippen LogP contribution < -0.4 is 10.6 Å². The van der Waals surface area contributed by atoms with Gasteiger partial charge < -0.3 is 20.5 Å². The quantitative estimate of drug-likeness (QED) is 0.451. The number of nitrogens with zero attached hydrogens (tertiary/aromatic N) is 1. The summed E-state index contributed by atoms with van der Waals surface area (Å²) in [6.07, 6.45) is -0.370. The molecule has 2 aromatic rings. The molecule has 27 heavy (non-hydrogen) atoms. The van der Waals surface area contributed by atoms with Crippen molar-refractivity contribution in [1.29, 1.82) is 0 Å². The first kappa shape index (κ1) is 22.7. The first-order valence-corrected chi connectivity index (χ1v) is 8.79. The average molecular weight is 440 g/mol. The molecule has 0 aliphatic carbocycles. The SMILES string of the molecule is CNCC(O)COC.O=C(Nc1cccc(Br)c1)c1cccc([N+](=O)[O-])c1. The van der Waals surface area contributed by atoms with Gasteiger partial charge in [-0.1, -0.05) is 28.1 Å². The van der Waals surface area contributed by atoms with Gasteiger partial charge in [0, 0.05) is 41.5 Å². The number of nitrogens with one attached hydrogen (secondary N) is 2. The molecule has 2 rings (SSSR count). The van der Waals surface area contributed by atoms with Crippen LogP contribution >= 0.6 is 15.9 Å². The highest BCUT2D eigenvalue weighted by atomic mass is 79.9. The number of non-ortho nitro benzene ring substituents is 1. The fourth-order valence-corrected chi connectivity index (χ4v) is 2.42. The maximum Gasteiger partial charge on any atom is 0.270 e. The van der Waals surface area contributed by atoms with Crippen LogP contribution in [0.1, 0.15) is 10.4 Å². The molecule has 0 aliphatic heterocycles. The normalized spacial score (nSPS) is 11.1. The number of aliphatic hydroxyl groups excluding tert-OH is 1. The summed E-state index contributed by atoms with van der Waals surface area (Å²) in [6, 6.07) is 12.7. The number of ether oxygens (including phenoxy) is 1. The minimum Gasteiger partial charge on any atom is -0.389 e. The molecule has 0 aromatic heterocycles. The van der Waals surface area contributed by atoms with Crippen LogP contribution in [0.5, 0.6) is 0 Å². The summed E-state index contributed by atoms with van der Waals surface area (Å²) < 4.78 is 5.50. The van der Waals surface area contributed by atoms with E-state index in [1.165, 1.54) is 24.3 Å². The van der Waals surface area contributed by atoms with Gasteiger partial charge in [-0.05, 0) is 31.3 Å². The standard InChI is InChI=1S/C13H9BrN2O3.C5H13NO2/c14-10-4-2-5-11(8-10)15-13(17)9-3-1-6-12(7-9)16(18)19;1-6-3-5(7)4-8-2/h1-8H,(H,15,17);5-7H,3-4H2,1-2H3. The van der Waals surface area contributed by atoms with Crippen molar-refractivity contribution in [2.75, 3.05) is 32.6 Å². The summed E-state index contributed by atoms with van der Waals surface area (Å²) in [5.74, 6) is -0.387. The molecule has 0 saturated carbocycles. The lowest BCUT2D eigenvalue weighted by molar-refractivity contribution is -0.384. The Morgan fingerprint density at radius 1 is 1.30 bits per heavy atom. The topological polar surface area (TPSA) is 114 Å². The molecule has 0 aliphatic rings. The van der Waals surface area contributed by atoms with Crippen molar-refractivity contribution in [3.63, 3.8) is 0 Å². The summed E-state index contributed by atoms with van der Waals surface area (Å²) in [4.78, 5) is 22.1. The van der Waals surface area contributed by atoms with Crippen LogP contribution in [-0.2, 0) is 4.74 Å². The number of halogens is 1. The Balaban J connectivity index is 0.000000387. The highest BCUT2D eigenvalue weighted by Gasteiger charge is 2.11. The third-order valence-corrected chi connectivity index (χ3v) is 3.69. The number of carbonyl (C=O) groups excluding carboxylic acids is 1. The number of amides is 1. The van der Waals surface area contributed by atoms with E-state index >= 15 is 0 Å². The van der Waals surface area contributed by atoms with Crippen molar-refractivity contribution in [3.8, 4) is 0 Å². The zero-order valence-electron chi connectivity index (χ0n) is 15.0. The number of aliphatic hydroxyl groups is 1. The lowest BCUT2D eigenvalue weighted by atomic mass is 10.2. The lowest BCUT2D eigenvalue weighted by Crippen LogP contribution is -2.27. The Bertz CT molecular complexity index is 751. The summed E-state index contributed by atoms with van der Waals surface area (Å²) in [6.45, 7) is 0.995. The second-order valence-electron chi connectivity index (χ2n) is 5.44. The maximum absolute atomic E-state index is 12.0. The molecule has 2 aromatic carbocycles. The molecule has 0 bridgehead atoms. The molecule has 146 valence electrons. The van der Waals surface area contributed by atoms with Crippen molar-refractivity contribution in [2.24, 2.45) is 0 Å². The van der Waals surface area contributed by atoms with Crippen LogP contribution in [0.2, 0.25) is 0 Å². The molecular weight excluding hydrogens is 418 g/mol. The number of carbonyl (C=O) groups is 1. The van der Waals surface area contributed by atoms with Gasteiger partial charge in [-0.2, -0.15) is 0 Å². The summed E-state index contributed by atoms with van der Waals surface area (Å²) in [7, 11) is 3.36. The van der Waals surface area contributed by atoms with Gasteiger partial charge in [0.25, 0.3) is 11.6 Å². The Kier molecular flexibility index (Phi) is 10.2. The number of nitro groups is 1. The Morgan fingerprint density at radius 2 is 2.00 bits per heavy atom. The first-order chi connectivity index (χ1) is 12.9. The number of hydrogen-bond donors (Lipinski definition) is 3. The van der Waals surface area contributed by atoms with E-state index in [0.29, 0.717) is 18.8 Å². The molecule has 8 nitrogen and oxygen atoms in total. The van der Waals surface area contributed by atoms with E-state index in [1.54, 1.807) is 32.4 Å². The van der Waals surface area contributed by atoms with Gasteiger partial charge in [-0.3, -0.25) is 14.9 Å². The van der Waals surface area contributed by atoms with Crippen LogP contribution in [-0.4, -0.2) is 49.4 Å². The Hall–Kier alpha value is -2.33. The Labute approximate surface area is 165 Å². The highest BCUT2D eigenvalue weighted by molar-refractivity contribution is 9.10. The number of likely N-dealkylation sites (N-methyl/N-ethyl adjacent to an activating group) is 1. The Morgan fingerprint density at radius 3 is 2.59 bits per heavy atom. The highest BCUT2D eigenvalue weighted by Crippen LogP contribution is 2.18. The largest absolute Gasteiger partial charge is 0.389 e. The third-order valence-electron chi connectivity index (χ3n) is 3.20. The van der Waals surface area contributed by atoms with Gasteiger partial charge in [0.1, 0.15) is 0 Å². The number of hydrogen-bond acceptors (Lipinski definition) is 6. The van der Waals surface area contributed by atoms with Gasteiger partial charge in [-0.15, -0.1) is 0 Å². The van der Waals surface area contributed by atoms with Crippen LogP contribution in [0, 0.1) is 10.1 Å². The van der Waals surface area contributed by atoms with E-state index in [2.05, 4.69) is 31.3 Å². The number of rotatable bonds is 7. The smallest absolute Gasteiger partial charge is 0.270 e. The molecule has 1 atom stereocenters. The van der Waals surface area contributed by atoms with Gasteiger partial charge in [-0.25, -0.2) is 0 Å². The zero-order chi connectivity index (χ0) is 20.2. The number of nitro benzene ring substituents is 1. The van der Waals surface area contributed by atoms with Gasteiger partial charge in [0.15, 0.2) is 0 Å². The number of benzene rings is 2. The second-order valence-corrected chi connectivity index (χ2v) is 6.35. The van der Waals surface area contributed by atoms with Crippen LogP contribution in [0.3, 0.4) is 0 Å². The van der Waals surface area contributed by atoms with Gasteiger partial charge in [0.2, 0.25) is 0 Å². The third kappa shape index (κ3) is 8.74. The number of methoxy groups -OCH3 is 1. The van der Waals surface area contributed by atoms with E-state index in [0.717, 1.165) is 4.47 Å². The predicted octanol–water partition coefficient (Wildman–Crippen LogP) is 2.82. The molecule has 0 saturated heterocycles. The van der Waals surface area contributed by atoms with Crippen LogP contribution in [0.15, 0.2) is 53.0 Å². The summed E-state index contributed by atoms with van der Waals surface area (Å²) in [5, 5.41) is 25.0. The monoisotopic (exact) mass is 439 g/mol. The van der Waals surface area contributed by atoms with E-state index in [4.69, 9.17) is 5.11 Å². The van der Waals surface area contributed by atoms with E-state index < -0.39 is 4.92 Å². The maximum atomic E-state index is 12.0. The average Bonchev–Trinajstić information content (AvgIpc) is 2.63. The molecule has 9 heteroatoms. The molecule has 0 heterocycles. The van der Waals surface area contributed by atoms with Crippen LogP contribution in [0.25, 0.3) is 0 Å². The summed E-state index contributed by atoms with van der Waals surface area (Å²) >= 11 is 3.30. The van der Waals surface area contributed by atoms with Crippen molar-refractivity contribution in [2.45, 2.75) is 6.10 Å². The van der Waals surface area contributed by atoms with Crippen molar-refractivity contribution in [3.05, 3.63) is 68.7 Å². The van der Waals surface area contributed by atoms with Crippen molar-refractivity contribution < 1.29 is 19.6 Å². The fraction of sp³-hybridized carbons (Fsp3) is 0.278. The van der Waals surface area contributed by atoms with Gasteiger partial charge >= 0.3 is 0 Å².